The summed E-state index contributed by atoms with van der Waals surface area (Å²) in [6, 6.07) is 18.7. The first-order valence-corrected chi connectivity index (χ1v) is 20.2. The summed E-state index contributed by atoms with van der Waals surface area (Å²) < 4.78 is 66.3. The van der Waals surface area contributed by atoms with Crippen molar-refractivity contribution in [2.24, 2.45) is 5.92 Å². The number of aromatic nitrogens is 6. The topological polar surface area (TPSA) is 171 Å². The van der Waals surface area contributed by atoms with Crippen molar-refractivity contribution in [1.29, 1.82) is 0 Å². The van der Waals surface area contributed by atoms with E-state index in [9.17, 15) is 18.1 Å². The Morgan fingerprint density at radius 2 is 1.61 bits per heavy atom. The number of phosphoric ester groups is 1. The fourth-order valence-electron chi connectivity index (χ4n) is 7.54. The van der Waals surface area contributed by atoms with Crippen molar-refractivity contribution in [2.75, 3.05) is 56.0 Å². The summed E-state index contributed by atoms with van der Waals surface area (Å²) >= 11 is 0. The highest BCUT2D eigenvalue weighted by atomic mass is 31.2. The molecule has 0 aliphatic carbocycles. The van der Waals surface area contributed by atoms with E-state index in [0.717, 1.165) is 43.6 Å². The van der Waals surface area contributed by atoms with Crippen molar-refractivity contribution in [2.45, 2.75) is 51.0 Å². The van der Waals surface area contributed by atoms with Crippen LogP contribution in [0.2, 0.25) is 0 Å². The summed E-state index contributed by atoms with van der Waals surface area (Å²) in [6.07, 6.45) is 4.75. The third-order valence-electron chi connectivity index (χ3n) is 10.5. The molecule has 16 nitrogen and oxygen atoms in total. The molecule has 7 rings (SSSR count). The third kappa shape index (κ3) is 9.43. The zero-order valence-electron chi connectivity index (χ0n) is 31.5. The normalized spacial score (nSPS) is 19.9. The summed E-state index contributed by atoms with van der Waals surface area (Å²) in [4.78, 5) is 39.7. The van der Waals surface area contributed by atoms with Crippen LogP contribution in [0.5, 0.6) is 5.75 Å². The van der Waals surface area contributed by atoms with Crippen LogP contribution < -0.4 is 20.2 Å². The number of benzene rings is 3. The standard InChI is InChI=1S/C38H45F2N8O8P/c1-3-36(27(2)54-26-56-57(50,51)52)48-37(49)47(25-43-48)32-7-5-30(6-8-32)44-14-16-45(17-15-44)31-9-11-33(12-10-31)53-20-28-19-38(55-21-28,22-46-24-41-23-42-46)34-13-4-29(39)18-35(34)40/h4-13,18,23-25,27-28,36H,3,14-17,19-22,26H2,1-2H3,(H2,50,51,52)/t27-,28-,36-,38?/m0/s1. The van der Waals surface area contributed by atoms with Crippen molar-refractivity contribution < 1.29 is 41.9 Å². The molecule has 2 fully saturated rings. The van der Waals surface area contributed by atoms with Gasteiger partial charge in [0.1, 0.15) is 42.0 Å². The Hall–Kier alpha value is -4.97. The zero-order chi connectivity index (χ0) is 40.2. The Balaban J connectivity index is 0.904. The first-order valence-electron chi connectivity index (χ1n) is 18.6. The number of phosphoric acid groups is 1. The second kappa shape index (κ2) is 17.3. The quantitative estimate of drug-likeness (QED) is 0.104. The van der Waals surface area contributed by atoms with E-state index in [1.165, 1.54) is 34.0 Å². The van der Waals surface area contributed by atoms with Gasteiger partial charge in [0.15, 0.2) is 6.79 Å². The smallest absolute Gasteiger partial charge is 0.471 e. The molecule has 57 heavy (non-hydrogen) atoms. The third-order valence-corrected chi connectivity index (χ3v) is 10.9. The van der Waals surface area contributed by atoms with Crippen LogP contribution in [0, 0.1) is 17.6 Å². The number of nitrogens with zero attached hydrogens (tertiary/aromatic N) is 8. The van der Waals surface area contributed by atoms with E-state index in [1.807, 2.05) is 55.5 Å². The van der Waals surface area contributed by atoms with Gasteiger partial charge in [0, 0.05) is 55.1 Å². The Morgan fingerprint density at radius 3 is 2.23 bits per heavy atom. The molecular weight excluding hydrogens is 765 g/mol. The molecule has 0 radical (unpaired) electrons. The number of anilines is 2. The lowest BCUT2D eigenvalue weighted by Gasteiger charge is -2.37. The van der Waals surface area contributed by atoms with E-state index in [-0.39, 0.29) is 23.7 Å². The number of piperazine rings is 1. The van der Waals surface area contributed by atoms with Crippen molar-refractivity contribution in [3.8, 4) is 11.4 Å². The van der Waals surface area contributed by atoms with Crippen LogP contribution in [0.15, 0.2) is 90.5 Å². The lowest BCUT2D eigenvalue weighted by molar-refractivity contribution is -0.0615. The lowest BCUT2D eigenvalue weighted by Crippen LogP contribution is -2.46. The lowest BCUT2D eigenvalue weighted by atomic mass is 9.87. The Labute approximate surface area is 327 Å². The Bertz CT molecular complexity index is 2190. The SMILES string of the molecule is CC[C@@H]([C@H](C)OCOP(=O)(O)O)n1ncn(-c2ccc(N3CCN(c4ccc(OC[C@H]5COC(Cn6cncn6)(c6ccc(F)cc6F)C5)cc4)CC3)cc2)c1=O. The number of hydrogen-bond donors (Lipinski definition) is 2. The molecule has 4 atom stereocenters. The molecule has 0 bridgehead atoms. The maximum absolute atomic E-state index is 15.0. The van der Waals surface area contributed by atoms with Gasteiger partial charge in [-0.15, -0.1) is 0 Å². The van der Waals surface area contributed by atoms with Gasteiger partial charge in [0.25, 0.3) is 0 Å². The summed E-state index contributed by atoms with van der Waals surface area (Å²) in [5.74, 6) is -0.634. The van der Waals surface area contributed by atoms with Gasteiger partial charge in [-0.25, -0.2) is 37.1 Å². The van der Waals surface area contributed by atoms with Crippen LogP contribution in [0.1, 0.15) is 38.3 Å². The molecule has 4 heterocycles. The minimum absolute atomic E-state index is 0.0339. The van der Waals surface area contributed by atoms with Crippen LogP contribution >= 0.6 is 7.82 Å². The fourth-order valence-corrected chi connectivity index (χ4v) is 7.74. The van der Waals surface area contributed by atoms with Crippen molar-refractivity contribution >= 4 is 19.2 Å². The largest absolute Gasteiger partial charge is 0.493 e. The van der Waals surface area contributed by atoms with E-state index in [4.69, 9.17) is 24.0 Å². The monoisotopic (exact) mass is 810 g/mol. The highest BCUT2D eigenvalue weighted by Gasteiger charge is 2.44. The zero-order valence-corrected chi connectivity index (χ0v) is 32.4. The summed E-state index contributed by atoms with van der Waals surface area (Å²) in [5, 5.41) is 8.47. The molecule has 2 saturated heterocycles. The molecule has 0 saturated carbocycles. The fraction of sp³-hybridized carbons (Fsp3) is 0.421. The van der Waals surface area contributed by atoms with E-state index < -0.39 is 44.0 Å². The van der Waals surface area contributed by atoms with Gasteiger partial charge < -0.3 is 33.8 Å². The van der Waals surface area contributed by atoms with Gasteiger partial charge >= 0.3 is 13.5 Å². The van der Waals surface area contributed by atoms with Crippen molar-refractivity contribution in [3.63, 3.8) is 0 Å². The molecule has 5 aromatic rings. The molecule has 2 aliphatic rings. The van der Waals surface area contributed by atoms with Crippen LogP contribution in [0.3, 0.4) is 0 Å². The predicted octanol–water partition coefficient (Wildman–Crippen LogP) is 4.66. The highest BCUT2D eigenvalue weighted by Crippen LogP contribution is 2.42. The summed E-state index contributed by atoms with van der Waals surface area (Å²) in [5.41, 5.74) is 1.64. The Kier molecular flexibility index (Phi) is 12.2. The molecule has 304 valence electrons. The van der Waals surface area contributed by atoms with Gasteiger partial charge in [-0.2, -0.15) is 10.2 Å². The van der Waals surface area contributed by atoms with Gasteiger partial charge in [-0.3, -0.25) is 4.52 Å². The summed E-state index contributed by atoms with van der Waals surface area (Å²) in [7, 11) is -4.68. The Morgan fingerprint density at radius 1 is 0.947 bits per heavy atom. The maximum Gasteiger partial charge on any atom is 0.471 e. The first kappa shape index (κ1) is 40.2. The van der Waals surface area contributed by atoms with Gasteiger partial charge in [-0.1, -0.05) is 13.0 Å². The second-order valence-corrected chi connectivity index (χ2v) is 15.4. The number of rotatable bonds is 16. The summed E-state index contributed by atoms with van der Waals surface area (Å²) in [6.45, 7) is 7.08. The predicted molar refractivity (Wildman–Crippen MR) is 204 cm³/mol. The average Bonchev–Trinajstić information content (AvgIpc) is 3.96. The molecule has 0 amide bonds. The van der Waals surface area contributed by atoms with Crippen molar-refractivity contribution in [1.82, 2.24) is 29.1 Å². The molecule has 1 unspecified atom stereocenters. The number of ether oxygens (including phenoxy) is 3. The van der Waals surface area contributed by atoms with E-state index in [0.29, 0.717) is 37.5 Å². The van der Waals surface area contributed by atoms with Gasteiger partial charge in [0.2, 0.25) is 0 Å². The second-order valence-electron chi connectivity index (χ2n) is 14.2. The van der Waals surface area contributed by atoms with E-state index in [2.05, 4.69) is 29.5 Å². The maximum atomic E-state index is 15.0. The molecular formula is C38H45F2N8O8P. The first-order chi connectivity index (χ1) is 27.4. The molecule has 2 N–H and O–H groups in total. The van der Waals surface area contributed by atoms with Crippen molar-refractivity contribution in [3.05, 3.63) is 113 Å². The van der Waals surface area contributed by atoms with Gasteiger partial charge in [0.05, 0.1) is 37.6 Å². The highest BCUT2D eigenvalue weighted by molar-refractivity contribution is 7.46. The molecule has 0 spiro atoms. The molecule has 19 heteroatoms. The van der Waals surface area contributed by atoms with E-state index >= 15 is 0 Å². The van der Waals surface area contributed by atoms with Crippen LogP contribution in [0.4, 0.5) is 20.2 Å². The number of halogens is 2. The molecule has 2 aromatic heterocycles. The number of hydrogen-bond acceptors (Lipinski definition) is 11. The van der Waals surface area contributed by atoms with Crippen LogP contribution in [0.25, 0.3) is 5.69 Å². The molecule has 3 aromatic carbocycles. The minimum atomic E-state index is -4.68. The molecule has 2 aliphatic heterocycles. The minimum Gasteiger partial charge on any atom is -0.493 e. The van der Waals surface area contributed by atoms with Crippen LogP contribution in [-0.2, 0) is 30.7 Å². The van der Waals surface area contributed by atoms with Gasteiger partial charge in [-0.05, 0) is 74.4 Å². The van der Waals surface area contributed by atoms with Crippen LogP contribution in [-0.4, -0.2) is 91.2 Å². The average molecular weight is 811 g/mol. The van der Waals surface area contributed by atoms with E-state index in [1.54, 1.807) is 17.9 Å².